The van der Waals surface area contributed by atoms with Crippen molar-refractivity contribution in [3.63, 3.8) is 0 Å². The van der Waals surface area contributed by atoms with Crippen LogP contribution in [0.5, 0.6) is 5.75 Å². The van der Waals surface area contributed by atoms with Crippen LogP contribution >= 0.6 is 0 Å². The molecular formula is C18H20O2. The van der Waals surface area contributed by atoms with Crippen LogP contribution in [0.3, 0.4) is 0 Å². The number of aliphatic hydroxyl groups is 1. The maximum Gasteiger partial charge on any atom is 0.122 e. The number of rotatable bonds is 3. The Kier molecular flexibility index (Phi) is 3.75. The summed E-state index contributed by atoms with van der Waals surface area (Å²) >= 11 is 0. The van der Waals surface area contributed by atoms with Crippen molar-refractivity contribution >= 4 is 0 Å². The number of benzene rings is 2. The van der Waals surface area contributed by atoms with E-state index < -0.39 is 0 Å². The van der Waals surface area contributed by atoms with Gasteiger partial charge in [0, 0.05) is 5.92 Å². The number of hydrogen-bond donors (Lipinski definition) is 1. The quantitative estimate of drug-likeness (QED) is 0.926. The Morgan fingerprint density at radius 2 is 1.90 bits per heavy atom. The summed E-state index contributed by atoms with van der Waals surface area (Å²) < 4.78 is 5.75. The van der Waals surface area contributed by atoms with Crippen molar-refractivity contribution in [1.29, 1.82) is 0 Å². The van der Waals surface area contributed by atoms with Gasteiger partial charge in [0.25, 0.3) is 0 Å². The molecule has 0 radical (unpaired) electrons. The number of aliphatic hydroxyl groups excluding tert-OH is 1. The van der Waals surface area contributed by atoms with E-state index in [1.54, 1.807) is 0 Å². The molecule has 0 aliphatic carbocycles. The lowest BCUT2D eigenvalue weighted by Crippen LogP contribution is -2.33. The Morgan fingerprint density at radius 3 is 2.70 bits per heavy atom. The van der Waals surface area contributed by atoms with Gasteiger partial charge in [0.05, 0.1) is 12.7 Å². The molecule has 1 aliphatic heterocycles. The minimum atomic E-state index is -0.355. The fourth-order valence-corrected chi connectivity index (χ4v) is 2.73. The number of aryl methyl sites for hydroxylation is 1. The van der Waals surface area contributed by atoms with Gasteiger partial charge in [-0.15, -0.1) is 0 Å². The van der Waals surface area contributed by atoms with E-state index in [-0.39, 0.29) is 12.0 Å². The Bertz CT molecular complexity index is 574. The lowest BCUT2D eigenvalue weighted by molar-refractivity contribution is 0.0652. The second-order valence-electron chi connectivity index (χ2n) is 5.64. The molecule has 0 bridgehead atoms. The van der Waals surface area contributed by atoms with Gasteiger partial charge in [-0.1, -0.05) is 48.0 Å². The van der Waals surface area contributed by atoms with Gasteiger partial charge in [0.2, 0.25) is 0 Å². The first kappa shape index (κ1) is 13.2. The van der Waals surface area contributed by atoms with E-state index in [2.05, 4.69) is 37.3 Å². The van der Waals surface area contributed by atoms with E-state index in [4.69, 9.17) is 4.74 Å². The smallest absolute Gasteiger partial charge is 0.122 e. The van der Waals surface area contributed by atoms with Gasteiger partial charge in [0.15, 0.2) is 0 Å². The first-order valence-corrected chi connectivity index (χ1v) is 7.16. The van der Waals surface area contributed by atoms with E-state index in [1.165, 1.54) is 16.7 Å². The molecule has 3 rings (SSSR count). The SMILES string of the molecule is Cc1ccc(CC(O)C2COc3ccccc3C2)cc1. The standard InChI is InChI=1S/C18H20O2/c1-13-6-8-14(9-7-13)10-17(19)16-11-15-4-2-3-5-18(15)20-12-16/h2-9,16-17,19H,10-12H2,1H3. The van der Waals surface area contributed by atoms with Gasteiger partial charge in [-0.3, -0.25) is 0 Å². The van der Waals surface area contributed by atoms with E-state index in [0.29, 0.717) is 13.0 Å². The number of para-hydroxylation sites is 1. The highest BCUT2D eigenvalue weighted by Gasteiger charge is 2.26. The molecule has 0 saturated carbocycles. The van der Waals surface area contributed by atoms with Crippen molar-refractivity contribution in [2.45, 2.75) is 25.9 Å². The van der Waals surface area contributed by atoms with Crippen LogP contribution in [0, 0.1) is 12.8 Å². The molecule has 20 heavy (non-hydrogen) atoms. The Morgan fingerprint density at radius 1 is 1.15 bits per heavy atom. The summed E-state index contributed by atoms with van der Waals surface area (Å²) in [5, 5.41) is 10.4. The molecule has 2 heteroatoms. The maximum atomic E-state index is 10.4. The fourth-order valence-electron chi connectivity index (χ4n) is 2.73. The van der Waals surface area contributed by atoms with Crippen LogP contribution in [-0.4, -0.2) is 17.8 Å². The predicted molar refractivity (Wildman–Crippen MR) is 80.0 cm³/mol. The fraction of sp³-hybridized carbons (Fsp3) is 0.333. The van der Waals surface area contributed by atoms with Gasteiger partial charge in [-0.05, 0) is 37.0 Å². The molecule has 0 fully saturated rings. The number of ether oxygens (including phenoxy) is 1. The zero-order chi connectivity index (χ0) is 13.9. The Balaban J connectivity index is 1.67. The van der Waals surface area contributed by atoms with Crippen molar-refractivity contribution in [3.05, 3.63) is 65.2 Å². The van der Waals surface area contributed by atoms with Gasteiger partial charge in [-0.25, -0.2) is 0 Å². The molecule has 1 aliphatic rings. The van der Waals surface area contributed by atoms with Crippen molar-refractivity contribution in [2.75, 3.05) is 6.61 Å². The third kappa shape index (κ3) is 2.86. The maximum absolute atomic E-state index is 10.4. The van der Waals surface area contributed by atoms with Gasteiger partial charge >= 0.3 is 0 Å². The first-order valence-electron chi connectivity index (χ1n) is 7.16. The van der Waals surface area contributed by atoms with E-state index in [0.717, 1.165) is 12.2 Å². The molecule has 0 spiro atoms. The van der Waals surface area contributed by atoms with Gasteiger partial charge < -0.3 is 9.84 Å². The molecule has 2 nitrogen and oxygen atoms in total. The van der Waals surface area contributed by atoms with Crippen LogP contribution in [-0.2, 0) is 12.8 Å². The molecule has 0 aromatic heterocycles. The summed E-state index contributed by atoms with van der Waals surface area (Å²) in [4.78, 5) is 0. The Hall–Kier alpha value is -1.80. The van der Waals surface area contributed by atoms with E-state index >= 15 is 0 Å². The minimum absolute atomic E-state index is 0.172. The summed E-state index contributed by atoms with van der Waals surface area (Å²) in [6.07, 6.45) is 1.23. The third-order valence-corrected chi connectivity index (χ3v) is 4.02. The predicted octanol–water partition coefficient (Wildman–Crippen LogP) is 3.15. The first-order chi connectivity index (χ1) is 9.72. The third-order valence-electron chi connectivity index (χ3n) is 4.02. The van der Waals surface area contributed by atoms with Gasteiger partial charge in [0.1, 0.15) is 5.75 Å². The zero-order valence-corrected chi connectivity index (χ0v) is 11.8. The van der Waals surface area contributed by atoms with Crippen LogP contribution in [0.2, 0.25) is 0 Å². The molecule has 104 valence electrons. The average molecular weight is 268 g/mol. The summed E-state index contributed by atoms with van der Waals surface area (Å²) in [5.74, 6) is 1.14. The summed E-state index contributed by atoms with van der Waals surface area (Å²) in [6.45, 7) is 2.68. The van der Waals surface area contributed by atoms with Crippen LogP contribution in [0.25, 0.3) is 0 Å². The molecule has 2 aromatic rings. The largest absolute Gasteiger partial charge is 0.493 e. The van der Waals surface area contributed by atoms with E-state index in [9.17, 15) is 5.11 Å². The van der Waals surface area contributed by atoms with Crippen LogP contribution < -0.4 is 4.74 Å². The normalized spacial score (nSPS) is 19.0. The molecule has 1 N–H and O–H groups in total. The number of hydrogen-bond acceptors (Lipinski definition) is 2. The highest BCUT2D eigenvalue weighted by atomic mass is 16.5. The molecule has 0 amide bonds. The van der Waals surface area contributed by atoms with Crippen molar-refractivity contribution in [2.24, 2.45) is 5.92 Å². The zero-order valence-electron chi connectivity index (χ0n) is 11.8. The monoisotopic (exact) mass is 268 g/mol. The van der Waals surface area contributed by atoms with Crippen LogP contribution in [0.4, 0.5) is 0 Å². The topological polar surface area (TPSA) is 29.5 Å². The average Bonchev–Trinajstić information content (AvgIpc) is 2.49. The molecule has 1 heterocycles. The Labute approximate surface area is 120 Å². The molecule has 0 saturated heterocycles. The summed E-state index contributed by atoms with van der Waals surface area (Å²) in [7, 11) is 0. The van der Waals surface area contributed by atoms with Crippen molar-refractivity contribution < 1.29 is 9.84 Å². The second-order valence-corrected chi connectivity index (χ2v) is 5.64. The molecule has 2 unspecified atom stereocenters. The second kappa shape index (κ2) is 5.68. The molecule has 2 aromatic carbocycles. The molecule has 2 atom stereocenters. The van der Waals surface area contributed by atoms with E-state index in [1.807, 2.05) is 18.2 Å². The van der Waals surface area contributed by atoms with Crippen LogP contribution in [0.1, 0.15) is 16.7 Å². The molecular weight excluding hydrogens is 248 g/mol. The summed E-state index contributed by atoms with van der Waals surface area (Å²) in [6, 6.07) is 16.5. The number of fused-ring (bicyclic) bond motifs is 1. The van der Waals surface area contributed by atoms with Crippen molar-refractivity contribution in [1.82, 2.24) is 0 Å². The van der Waals surface area contributed by atoms with Gasteiger partial charge in [-0.2, -0.15) is 0 Å². The van der Waals surface area contributed by atoms with Crippen LogP contribution in [0.15, 0.2) is 48.5 Å². The lowest BCUT2D eigenvalue weighted by atomic mass is 9.89. The summed E-state index contributed by atoms with van der Waals surface area (Å²) in [5.41, 5.74) is 3.63. The lowest BCUT2D eigenvalue weighted by Gasteiger charge is -2.29. The highest BCUT2D eigenvalue weighted by molar-refractivity contribution is 5.35. The minimum Gasteiger partial charge on any atom is -0.493 e. The van der Waals surface area contributed by atoms with Crippen molar-refractivity contribution in [3.8, 4) is 5.75 Å². The highest BCUT2D eigenvalue weighted by Crippen LogP contribution is 2.29.